The summed E-state index contributed by atoms with van der Waals surface area (Å²) in [5.41, 5.74) is 7.62. The van der Waals surface area contributed by atoms with Crippen LogP contribution in [-0.4, -0.2) is 14.5 Å². The topological polar surface area (TPSA) is 30.7 Å². The Kier molecular flexibility index (Phi) is 3.85. The van der Waals surface area contributed by atoms with Gasteiger partial charge in [0, 0.05) is 16.9 Å². The summed E-state index contributed by atoms with van der Waals surface area (Å²) in [6.45, 7) is 6.24. The summed E-state index contributed by atoms with van der Waals surface area (Å²) in [5.74, 6) is 0.954. The highest BCUT2D eigenvalue weighted by molar-refractivity contribution is 5.85. The standard InChI is InChI=1S/C22H21N3/c1-4-17-10-12-19(13-11-17)25-20-14-15(2)23-16(3)21(20)24-22(25)18-8-6-5-7-9-18/h5-14H,4H2,1-3H3. The Labute approximate surface area is 148 Å². The molecule has 0 aliphatic heterocycles. The first-order valence-corrected chi connectivity index (χ1v) is 8.69. The van der Waals surface area contributed by atoms with Crippen LogP contribution in [-0.2, 0) is 6.42 Å². The number of imidazole rings is 1. The maximum Gasteiger partial charge on any atom is 0.145 e. The predicted molar refractivity (Wildman–Crippen MR) is 103 cm³/mol. The molecule has 0 fully saturated rings. The average molecular weight is 327 g/mol. The molecule has 124 valence electrons. The number of aryl methyl sites for hydroxylation is 3. The van der Waals surface area contributed by atoms with Gasteiger partial charge in [-0.2, -0.15) is 0 Å². The maximum atomic E-state index is 4.94. The molecule has 0 saturated heterocycles. The van der Waals surface area contributed by atoms with Crippen LogP contribution in [0.1, 0.15) is 23.9 Å². The molecule has 0 amide bonds. The van der Waals surface area contributed by atoms with Crippen molar-refractivity contribution in [3.05, 3.63) is 77.6 Å². The van der Waals surface area contributed by atoms with Crippen LogP contribution in [0.25, 0.3) is 28.1 Å². The molecule has 4 rings (SSSR count). The molecule has 2 aromatic heterocycles. The monoisotopic (exact) mass is 327 g/mol. The van der Waals surface area contributed by atoms with Crippen LogP contribution in [0.2, 0.25) is 0 Å². The Hall–Kier alpha value is -2.94. The summed E-state index contributed by atoms with van der Waals surface area (Å²) >= 11 is 0. The van der Waals surface area contributed by atoms with Gasteiger partial charge in [0.05, 0.1) is 11.2 Å². The molecule has 0 saturated carbocycles. The molecule has 4 aromatic rings. The van der Waals surface area contributed by atoms with Gasteiger partial charge < -0.3 is 0 Å². The van der Waals surface area contributed by atoms with Crippen molar-refractivity contribution in [2.24, 2.45) is 0 Å². The first-order valence-electron chi connectivity index (χ1n) is 8.69. The van der Waals surface area contributed by atoms with E-state index in [1.54, 1.807) is 0 Å². The minimum absolute atomic E-state index is 0.954. The zero-order valence-electron chi connectivity index (χ0n) is 14.8. The van der Waals surface area contributed by atoms with Crippen LogP contribution in [0.5, 0.6) is 0 Å². The third-order valence-corrected chi connectivity index (χ3v) is 4.58. The van der Waals surface area contributed by atoms with E-state index in [2.05, 4.69) is 71.1 Å². The van der Waals surface area contributed by atoms with Crippen LogP contribution in [0.4, 0.5) is 0 Å². The van der Waals surface area contributed by atoms with Gasteiger partial charge in [-0.3, -0.25) is 9.55 Å². The largest absolute Gasteiger partial charge is 0.292 e. The van der Waals surface area contributed by atoms with Gasteiger partial charge in [0.15, 0.2) is 0 Å². The molecule has 3 heteroatoms. The van der Waals surface area contributed by atoms with Crippen molar-refractivity contribution in [2.45, 2.75) is 27.2 Å². The van der Waals surface area contributed by atoms with E-state index in [9.17, 15) is 0 Å². The van der Waals surface area contributed by atoms with E-state index in [0.29, 0.717) is 0 Å². The molecule has 0 aliphatic rings. The molecule has 0 aliphatic carbocycles. The number of hydrogen-bond acceptors (Lipinski definition) is 2. The Balaban J connectivity index is 2.05. The molecular formula is C22H21N3. The second-order valence-electron chi connectivity index (χ2n) is 6.37. The van der Waals surface area contributed by atoms with Crippen molar-refractivity contribution in [1.29, 1.82) is 0 Å². The molecule has 0 bridgehead atoms. The lowest BCUT2D eigenvalue weighted by atomic mass is 10.1. The highest BCUT2D eigenvalue weighted by Crippen LogP contribution is 2.30. The number of rotatable bonds is 3. The second-order valence-corrected chi connectivity index (χ2v) is 6.37. The fourth-order valence-corrected chi connectivity index (χ4v) is 3.30. The molecule has 0 unspecified atom stereocenters. The minimum atomic E-state index is 0.954. The van der Waals surface area contributed by atoms with Gasteiger partial charge in [-0.25, -0.2) is 4.98 Å². The van der Waals surface area contributed by atoms with Crippen molar-refractivity contribution >= 4 is 11.0 Å². The summed E-state index contributed by atoms with van der Waals surface area (Å²) in [7, 11) is 0. The van der Waals surface area contributed by atoms with E-state index in [1.807, 2.05) is 19.9 Å². The van der Waals surface area contributed by atoms with Gasteiger partial charge in [-0.1, -0.05) is 49.4 Å². The predicted octanol–water partition coefficient (Wildman–Crippen LogP) is 5.27. The van der Waals surface area contributed by atoms with Gasteiger partial charge in [0.1, 0.15) is 11.3 Å². The van der Waals surface area contributed by atoms with E-state index in [0.717, 1.165) is 45.9 Å². The van der Waals surface area contributed by atoms with E-state index >= 15 is 0 Å². The molecule has 2 heterocycles. The van der Waals surface area contributed by atoms with Crippen LogP contribution >= 0.6 is 0 Å². The van der Waals surface area contributed by atoms with Crippen LogP contribution in [0.3, 0.4) is 0 Å². The van der Waals surface area contributed by atoms with Gasteiger partial charge in [0.25, 0.3) is 0 Å². The van der Waals surface area contributed by atoms with Gasteiger partial charge >= 0.3 is 0 Å². The Bertz CT molecular complexity index is 1030. The summed E-state index contributed by atoms with van der Waals surface area (Å²) in [6.07, 6.45) is 1.04. The highest BCUT2D eigenvalue weighted by Gasteiger charge is 2.16. The Morgan fingerprint density at radius 1 is 0.880 bits per heavy atom. The fraction of sp³-hybridized carbons (Fsp3) is 0.182. The first-order chi connectivity index (χ1) is 12.2. The summed E-state index contributed by atoms with van der Waals surface area (Å²) in [6, 6.07) is 21.2. The smallest absolute Gasteiger partial charge is 0.145 e. The van der Waals surface area contributed by atoms with Crippen molar-refractivity contribution in [1.82, 2.24) is 14.5 Å². The van der Waals surface area contributed by atoms with E-state index < -0.39 is 0 Å². The molecule has 0 atom stereocenters. The zero-order chi connectivity index (χ0) is 17.4. The van der Waals surface area contributed by atoms with Crippen molar-refractivity contribution < 1.29 is 0 Å². The molecule has 2 aromatic carbocycles. The number of fused-ring (bicyclic) bond motifs is 1. The molecule has 0 N–H and O–H groups in total. The Morgan fingerprint density at radius 3 is 2.28 bits per heavy atom. The fourth-order valence-electron chi connectivity index (χ4n) is 3.30. The normalized spacial score (nSPS) is 11.2. The third-order valence-electron chi connectivity index (χ3n) is 4.58. The summed E-state index contributed by atoms with van der Waals surface area (Å²) in [5, 5.41) is 0. The van der Waals surface area contributed by atoms with Gasteiger partial charge in [0.2, 0.25) is 0 Å². The Morgan fingerprint density at radius 2 is 1.60 bits per heavy atom. The molecular weight excluding hydrogens is 306 g/mol. The van der Waals surface area contributed by atoms with Gasteiger partial charge in [-0.05, 0) is 44.0 Å². The molecule has 25 heavy (non-hydrogen) atoms. The first kappa shape index (κ1) is 15.6. The number of hydrogen-bond donors (Lipinski definition) is 0. The zero-order valence-corrected chi connectivity index (χ0v) is 14.8. The third kappa shape index (κ3) is 2.72. The SMILES string of the molecule is CCc1ccc(-n2c(-c3ccccc3)nc3c(C)nc(C)cc32)cc1. The van der Waals surface area contributed by atoms with Crippen molar-refractivity contribution in [3.8, 4) is 17.1 Å². The van der Waals surface area contributed by atoms with E-state index in [4.69, 9.17) is 4.98 Å². The van der Waals surface area contributed by atoms with E-state index in [1.165, 1.54) is 5.56 Å². The highest BCUT2D eigenvalue weighted by atomic mass is 15.1. The van der Waals surface area contributed by atoms with Crippen molar-refractivity contribution in [2.75, 3.05) is 0 Å². The van der Waals surface area contributed by atoms with Crippen LogP contribution in [0, 0.1) is 13.8 Å². The molecule has 3 nitrogen and oxygen atoms in total. The quantitative estimate of drug-likeness (QED) is 0.513. The lowest BCUT2D eigenvalue weighted by Crippen LogP contribution is -1.98. The van der Waals surface area contributed by atoms with Crippen LogP contribution < -0.4 is 0 Å². The van der Waals surface area contributed by atoms with E-state index in [-0.39, 0.29) is 0 Å². The number of pyridine rings is 1. The lowest BCUT2D eigenvalue weighted by Gasteiger charge is -2.10. The second kappa shape index (κ2) is 6.17. The number of aromatic nitrogens is 3. The van der Waals surface area contributed by atoms with Gasteiger partial charge in [-0.15, -0.1) is 0 Å². The maximum absolute atomic E-state index is 4.94. The summed E-state index contributed by atoms with van der Waals surface area (Å²) < 4.78 is 2.24. The summed E-state index contributed by atoms with van der Waals surface area (Å²) in [4.78, 5) is 9.54. The number of benzene rings is 2. The molecule has 0 radical (unpaired) electrons. The molecule has 0 spiro atoms. The minimum Gasteiger partial charge on any atom is -0.292 e. The average Bonchev–Trinajstić information content (AvgIpc) is 3.02. The lowest BCUT2D eigenvalue weighted by molar-refractivity contribution is 1.08. The van der Waals surface area contributed by atoms with Crippen LogP contribution in [0.15, 0.2) is 60.7 Å². The van der Waals surface area contributed by atoms with Crippen molar-refractivity contribution in [3.63, 3.8) is 0 Å². The number of nitrogens with zero attached hydrogens (tertiary/aromatic N) is 3.